The van der Waals surface area contributed by atoms with Gasteiger partial charge in [0.25, 0.3) is 0 Å². The van der Waals surface area contributed by atoms with Crippen molar-refractivity contribution in [2.24, 2.45) is 0 Å². The van der Waals surface area contributed by atoms with Crippen LogP contribution < -0.4 is 5.32 Å². The highest BCUT2D eigenvalue weighted by Gasteiger charge is 2.18. The first-order valence-corrected chi connectivity index (χ1v) is 6.99. The SMILES string of the molecule is Cc1cc(C)c(C(C)NC2CCCOC2)c(C)c1. The van der Waals surface area contributed by atoms with Crippen LogP contribution in [0.2, 0.25) is 0 Å². The maximum absolute atomic E-state index is 5.54. The second-order valence-electron chi connectivity index (χ2n) is 5.61. The lowest BCUT2D eigenvalue weighted by Gasteiger charge is -2.28. The third-order valence-electron chi connectivity index (χ3n) is 3.82. The Labute approximate surface area is 111 Å². The van der Waals surface area contributed by atoms with Crippen molar-refractivity contribution in [2.45, 2.75) is 52.6 Å². The van der Waals surface area contributed by atoms with Gasteiger partial charge < -0.3 is 10.1 Å². The molecule has 1 N–H and O–H groups in total. The smallest absolute Gasteiger partial charge is 0.0619 e. The van der Waals surface area contributed by atoms with E-state index in [4.69, 9.17) is 4.74 Å². The molecule has 2 nitrogen and oxygen atoms in total. The molecule has 1 aliphatic rings. The quantitative estimate of drug-likeness (QED) is 0.883. The van der Waals surface area contributed by atoms with Crippen LogP contribution >= 0.6 is 0 Å². The topological polar surface area (TPSA) is 21.3 Å². The Balaban J connectivity index is 2.10. The minimum atomic E-state index is 0.400. The highest BCUT2D eigenvalue weighted by Crippen LogP contribution is 2.24. The number of benzene rings is 1. The van der Waals surface area contributed by atoms with Gasteiger partial charge in [0, 0.05) is 18.7 Å². The van der Waals surface area contributed by atoms with Gasteiger partial charge in [0.2, 0.25) is 0 Å². The lowest BCUT2D eigenvalue weighted by atomic mass is 9.94. The summed E-state index contributed by atoms with van der Waals surface area (Å²) in [7, 11) is 0. The minimum Gasteiger partial charge on any atom is -0.380 e. The molecular formula is C16H25NO. The van der Waals surface area contributed by atoms with Gasteiger partial charge in [-0.3, -0.25) is 0 Å². The van der Waals surface area contributed by atoms with Crippen molar-refractivity contribution in [1.82, 2.24) is 5.32 Å². The van der Waals surface area contributed by atoms with Crippen LogP contribution in [0.4, 0.5) is 0 Å². The summed E-state index contributed by atoms with van der Waals surface area (Å²) >= 11 is 0. The van der Waals surface area contributed by atoms with Crippen LogP contribution in [-0.4, -0.2) is 19.3 Å². The molecule has 0 aliphatic carbocycles. The van der Waals surface area contributed by atoms with E-state index >= 15 is 0 Å². The summed E-state index contributed by atoms with van der Waals surface area (Å²) in [6.07, 6.45) is 2.41. The summed E-state index contributed by atoms with van der Waals surface area (Å²) < 4.78 is 5.54. The zero-order chi connectivity index (χ0) is 13.1. The Hall–Kier alpha value is -0.860. The van der Waals surface area contributed by atoms with Crippen molar-refractivity contribution in [2.75, 3.05) is 13.2 Å². The molecule has 1 aromatic rings. The Bertz CT molecular complexity index is 385. The van der Waals surface area contributed by atoms with Crippen LogP contribution in [0.25, 0.3) is 0 Å². The largest absolute Gasteiger partial charge is 0.380 e. The molecule has 0 bridgehead atoms. The molecule has 1 aliphatic heterocycles. The summed E-state index contributed by atoms with van der Waals surface area (Å²) in [6, 6.07) is 5.46. The highest BCUT2D eigenvalue weighted by atomic mass is 16.5. The van der Waals surface area contributed by atoms with Crippen molar-refractivity contribution in [3.8, 4) is 0 Å². The van der Waals surface area contributed by atoms with Gasteiger partial charge in [-0.2, -0.15) is 0 Å². The van der Waals surface area contributed by atoms with E-state index in [1.54, 1.807) is 0 Å². The average molecular weight is 247 g/mol. The van der Waals surface area contributed by atoms with Gasteiger partial charge in [-0.25, -0.2) is 0 Å². The van der Waals surface area contributed by atoms with E-state index in [2.05, 4.69) is 45.1 Å². The Morgan fingerprint density at radius 2 is 1.89 bits per heavy atom. The van der Waals surface area contributed by atoms with E-state index in [0.717, 1.165) is 13.2 Å². The van der Waals surface area contributed by atoms with Gasteiger partial charge >= 0.3 is 0 Å². The standard InChI is InChI=1S/C16H25NO/c1-11-8-12(2)16(13(3)9-11)14(4)17-15-6-5-7-18-10-15/h8-9,14-15,17H,5-7,10H2,1-4H3. The lowest BCUT2D eigenvalue weighted by Crippen LogP contribution is -2.38. The first-order valence-electron chi connectivity index (χ1n) is 6.99. The number of rotatable bonds is 3. The Morgan fingerprint density at radius 1 is 1.22 bits per heavy atom. The molecule has 1 aromatic carbocycles. The maximum Gasteiger partial charge on any atom is 0.0619 e. The molecule has 0 aromatic heterocycles. The van der Waals surface area contributed by atoms with E-state index in [1.165, 1.54) is 35.1 Å². The average Bonchev–Trinajstić information content (AvgIpc) is 2.28. The molecule has 18 heavy (non-hydrogen) atoms. The van der Waals surface area contributed by atoms with E-state index in [1.807, 2.05) is 0 Å². The number of nitrogens with one attached hydrogen (secondary N) is 1. The molecule has 2 atom stereocenters. The van der Waals surface area contributed by atoms with Crippen molar-refractivity contribution in [3.05, 3.63) is 34.4 Å². The maximum atomic E-state index is 5.54. The van der Waals surface area contributed by atoms with Crippen LogP contribution in [0.15, 0.2) is 12.1 Å². The molecule has 100 valence electrons. The predicted octanol–water partition coefficient (Wildman–Crippen LogP) is 3.44. The zero-order valence-corrected chi connectivity index (χ0v) is 12.0. The molecule has 0 spiro atoms. The second-order valence-corrected chi connectivity index (χ2v) is 5.61. The molecule has 1 heterocycles. The van der Waals surface area contributed by atoms with Crippen LogP contribution in [0.3, 0.4) is 0 Å². The highest BCUT2D eigenvalue weighted by molar-refractivity contribution is 5.39. The molecule has 0 saturated carbocycles. The fourth-order valence-electron chi connectivity index (χ4n) is 3.18. The van der Waals surface area contributed by atoms with Crippen molar-refractivity contribution in [3.63, 3.8) is 0 Å². The summed E-state index contributed by atoms with van der Waals surface area (Å²) in [5.41, 5.74) is 5.58. The fraction of sp³-hybridized carbons (Fsp3) is 0.625. The lowest BCUT2D eigenvalue weighted by molar-refractivity contribution is 0.0670. The number of hydrogen-bond donors (Lipinski definition) is 1. The third-order valence-corrected chi connectivity index (χ3v) is 3.82. The third kappa shape index (κ3) is 3.12. The molecule has 2 heteroatoms. The van der Waals surface area contributed by atoms with Crippen LogP contribution in [0.1, 0.15) is 48.1 Å². The fourth-order valence-corrected chi connectivity index (χ4v) is 3.18. The molecule has 0 radical (unpaired) electrons. The number of hydrogen-bond acceptors (Lipinski definition) is 2. The first kappa shape index (κ1) is 13.6. The number of aryl methyl sites for hydroxylation is 3. The van der Waals surface area contributed by atoms with E-state index in [-0.39, 0.29) is 0 Å². The molecule has 2 unspecified atom stereocenters. The minimum absolute atomic E-state index is 0.400. The Kier molecular flexibility index (Phi) is 4.41. The molecule has 0 amide bonds. The van der Waals surface area contributed by atoms with Crippen LogP contribution in [0.5, 0.6) is 0 Å². The molecular weight excluding hydrogens is 222 g/mol. The van der Waals surface area contributed by atoms with Gasteiger partial charge in [-0.1, -0.05) is 17.7 Å². The predicted molar refractivity (Wildman–Crippen MR) is 76.0 cm³/mol. The van der Waals surface area contributed by atoms with Crippen LogP contribution in [0, 0.1) is 20.8 Å². The molecule has 1 fully saturated rings. The van der Waals surface area contributed by atoms with E-state index in [9.17, 15) is 0 Å². The zero-order valence-electron chi connectivity index (χ0n) is 12.0. The van der Waals surface area contributed by atoms with Gasteiger partial charge in [0.15, 0.2) is 0 Å². The van der Waals surface area contributed by atoms with Gasteiger partial charge in [0.05, 0.1) is 6.61 Å². The monoisotopic (exact) mass is 247 g/mol. The summed E-state index contributed by atoms with van der Waals surface area (Å²) in [5, 5.41) is 3.71. The summed E-state index contributed by atoms with van der Waals surface area (Å²) in [4.78, 5) is 0. The van der Waals surface area contributed by atoms with Crippen molar-refractivity contribution < 1.29 is 4.74 Å². The number of ether oxygens (including phenoxy) is 1. The normalized spacial score (nSPS) is 21.9. The van der Waals surface area contributed by atoms with Gasteiger partial charge in [0.1, 0.15) is 0 Å². The van der Waals surface area contributed by atoms with E-state index < -0.39 is 0 Å². The first-order chi connectivity index (χ1) is 8.58. The molecule has 1 saturated heterocycles. The van der Waals surface area contributed by atoms with Gasteiger partial charge in [-0.15, -0.1) is 0 Å². The van der Waals surface area contributed by atoms with Crippen LogP contribution in [-0.2, 0) is 4.74 Å². The summed E-state index contributed by atoms with van der Waals surface area (Å²) in [6.45, 7) is 10.6. The summed E-state index contributed by atoms with van der Waals surface area (Å²) in [5.74, 6) is 0. The van der Waals surface area contributed by atoms with E-state index in [0.29, 0.717) is 12.1 Å². The van der Waals surface area contributed by atoms with Gasteiger partial charge in [-0.05, 0) is 57.2 Å². The second kappa shape index (κ2) is 5.85. The molecule has 2 rings (SSSR count). The Morgan fingerprint density at radius 3 is 2.44 bits per heavy atom. The van der Waals surface area contributed by atoms with Crippen molar-refractivity contribution >= 4 is 0 Å². The van der Waals surface area contributed by atoms with Crippen molar-refractivity contribution in [1.29, 1.82) is 0 Å².